The van der Waals surface area contributed by atoms with Crippen LogP contribution in [-0.2, 0) is 18.4 Å². The third-order valence-electron chi connectivity index (χ3n) is 18.7. The van der Waals surface area contributed by atoms with Crippen molar-refractivity contribution in [3.05, 3.63) is 24.3 Å². The van der Waals surface area contributed by atoms with Crippen LogP contribution in [-0.4, -0.2) is 68.5 Å². The van der Waals surface area contributed by atoms with Gasteiger partial charge >= 0.3 is 0 Å². The van der Waals surface area contributed by atoms with Crippen molar-refractivity contribution in [2.45, 2.75) is 437 Å². The van der Waals surface area contributed by atoms with Gasteiger partial charge in [0.15, 0.2) is 0 Å². The zero-order valence-electron chi connectivity index (χ0n) is 60.2. The zero-order chi connectivity index (χ0) is 64.1. The second kappa shape index (κ2) is 70.3. The molecular formula is C79H157N2O6P. The maximum atomic E-state index is 13.1. The van der Waals surface area contributed by atoms with Crippen molar-refractivity contribution in [3.8, 4) is 0 Å². The van der Waals surface area contributed by atoms with Crippen molar-refractivity contribution < 1.29 is 32.9 Å². The van der Waals surface area contributed by atoms with Gasteiger partial charge < -0.3 is 28.8 Å². The topological polar surface area (TPSA) is 108 Å². The van der Waals surface area contributed by atoms with Gasteiger partial charge in [-0.05, 0) is 32.1 Å². The zero-order valence-corrected chi connectivity index (χ0v) is 61.1. The number of phosphoric acid groups is 1. The highest BCUT2D eigenvalue weighted by molar-refractivity contribution is 7.45. The standard InChI is InChI=1S/C79H157N2O6P/c1-6-8-10-12-14-16-18-20-22-24-26-28-30-32-34-36-37-38-39-40-41-42-43-44-45-47-49-51-53-55-57-59-61-63-65-67-69-71-73-79(83)80-77(76-87-88(84,85)86-75-74-81(3,4)5)78(82)72-70-68-66-64-62-60-58-56-54-52-50-48-46-35-33-31-29-27-25-23-21-19-17-15-13-11-9-7-2/h62,64,70,72,77-78,82H,6-61,63,65-69,71,73-76H2,1-5H3,(H-,80,83,84,85)/b64-62+,72-70+. The van der Waals surface area contributed by atoms with Gasteiger partial charge in [-0.3, -0.25) is 9.36 Å². The molecule has 0 aliphatic rings. The summed E-state index contributed by atoms with van der Waals surface area (Å²) in [5.41, 5.74) is 0. The highest BCUT2D eigenvalue weighted by atomic mass is 31.2. The molecule has 0 saturated carbocycles. The Hall–Kier alpha value is -1.02. The lowest BCUT2D eigenvalue weighted by molar-refractivity contribution is -0.870. The number of nitrogens with zero attached hydrogens (tertiary/aromatic N) is 1. The van der Waals surface area contributed by atoms with Gasteiger partial charge in [-0.1, -0.05) is 411 Å². The van der Waals surface area contributed by atoms with E-state index in [2.05, 4.69) is 31.3 Å². The molecule has 0 aromatic heterocycles. The summed E-state index contributed by atoms with van der Waals surface area (Å²) in [4.78, 5) is 25.7. The molecule has 0 heterocycles. The Morgan fingerprint density at radius 3 is 0.920 bits per heavy atom. The number of carbonyl (C=O) groups is 1. The van der Waals surface area contributed by atoms with Crippen LogP contribution in [0.3, 0.4) is 0 Å². The van der Waals surface area contributed by atoms with Crippen LogP contribution >= 0.6 is 7.82 Å². The summed E-state index contributed by atoms with van der Waals surface area (Å²) in [5.74, 6) is -0.197. The first kappa shape index (κ1) is 87.0. The monoisotopic (exact) mass is 1260 g/mol. The molecule has 88 heavy (non-hydrogen) atoms. The summed E-state index contributed by atoms with van der Waals surface area (Å²) in [7, 11) is 1.27. The Balaban J connectivity index is 3.94. The minimum atomic E-state index is -4.61. The fraction of sp³-hybridized carbons (Fsp3) is 0.937. The van der Waals surface area contributed by atoms with Gasteiger partial charge in [-0.2, -0.15) is 0 Å². The quantitative estimate of drug-likeness (QED) is 0.0272. The number of amides is 1. The molecule has 2 N–H and O–H groups in total. The van der Waals surface area contributed by atoms with Crippen LogP contribution in [0.5, 0.6) is 0 Å². The van der Waals surface area contributed by atoms with E-state index in [4.69, 9.17) is 9.05 Å². The Labute approximate surface area is 551 Å². The molecule has 0 aromatic carbocycles. The Morgan fingerprint density at radius 2 is 0.636 bits per heavy atom. The van der Waals surface area contributed by atoms with Gasteiger partial charge in [0.05, 0.1) is 39.9 Å². The lowest BCUT2D eigenvalue weighted by atomic mass is 10.0. The van der Waals surface area contributed by atoms with Crippen LogP contribution < -0.4 is 10.2 Å². The largest absolute Gasteiger partial charge is 0.756 e. The average molecular weight is 1260 g/mol. The third kappa shape index (κ3) is 72.4. The Morgan fingerprint density at radius 1 is 0.386 bits per heavy atom. The maximum Gasteiger partial charge on any atom is 0.268 e. The predicted octanol–water partition coefficient (Wildman–Crippen LogP) is 25.2. The number of allylic oxidation sites excluding steroid dienone is 3. The van der Waals surface area contributed by atoms with Crippen LogP contribution in [0.25, 0.3) is 0 Å². The number of rotatable bonds is 75. The predicted molar refractivity (Wildman–Crippen MR) is 385 cm³/mol. The van der Waals surface area contributed by atoms with E-state index in [0.717, 1.165) is 38.5 Å². The van der Waals surface area contributed by atoms with Gasteiger partial charge in [0.1, 0.15) is 13.2 Å². The van der Waals surface area contributed by atoms with E-state index < -0.39 is 20.0 Å². The first-order valence-corrected chi connectivity index (χ1v) is 41.2. The summed E-state index contributed by atoms with van der Waals surface area (Å²) in [6, 6.07) is -0.903. The van der Waals surface area contributed by atoms with Crippen LogP contribution in [0.15, 0.2) is 24.3 Å². The van der Waals surface area contributed by atoms with Gasteiger partial charge in [-0.25, -0.2) is 0 Å². The van der Waals surface area contributed by atoms with Crippen molar-refractivity contribution in [2.24, 2.45) is 0 Å². The molecule has 3 unspecified atom stereocenters. The maximum absolute atomic E-state index is 13.1. The summed E-state index contributed by atoms with van der Waals surface area (Å²) < 4.78 is 23.5. The minimum Gasteiger partial charge on any atom is -0.756 e. The van der Waals surface area contributed by atoms with E-state index in [1.807, 2.05) is 27.2 Å². The summed E-state index contributed by atoms with van der Waals surface area (Å²) in [6.07, 6.45) is 93.6. The normalized spacial score (nSPS) is 13.6. The van der Waals surface area contributed by atoms with Gasteiger partial charge in [0, 0.05) is 6.42 Å². The van der Waals surface area contributed by atoms with Crippen molar-refractivity contribution in [2.75, 3.05) is 40.9 Å². The van der Waals surface area contributed by atoms with Crippen molar-refractivity contribution in [3.63, 3.8) is 0 Å². The van der Waals surface area contributed by atoms with Crippen LogP contribution in [0.2, 0.25) is 0 Å². The van der Waals surface area contributed by atoms with Gasteiger partial charge in [-0.15, -0.1) is 0 Å². The van der Waals surface area contributed by atoms with E-state index >= 15 is 0 Å². The first-order valence-electron chi connectivity index (χ1n) is 39.7. The number of carbonyl (C=O) groups excluding carboxylic acids is 1. The number of phosphoric ester groups is 1. The molecule has 0 aliphatic carbocycles. The Kier molecular flexibility index (Phi) is 69.5. The number of nitrogens with one attached hydrogen (secondary N) is 1. The summed E-state index contributed by atoms with van der Waals surface area (Å²) >= 11 is 0. The number of unbranched alkanes of at least 4 members (excludes halogenated alkanes) is 60. The molecule has 524 valence electrons. The van der Waals surface area contributed by atoms with Crippen LogP contribution in [0.4, 0.5) is 0 Å². The van der Waals surface area contributed by atoms with E-state index in [9.17, 15) is 19.4 Å². The van der Waals surface area contributed by atoms with Crippen molar-refractivity contribution in [1.29, 1.82) is 0 Å². The van der Waals surface area contributed by atoms with Crippen molar-refractivity contribution in [1.82, 2.24) is 5.32 Å². The molecule has 8 nitrogen and oxygen atoms in total. The third-order valence-corrected chi connectivity index (χ3v) is 19.6. The highest BCUT2D eigenvalue weighted by Crippen LogP contribution is 2.38. The number of quaternary nitrogens is 1. The minimum absolute atomic E-state index is 0.00328. The lowest BCUT2D eigenvalue weighted by Gasteiger charge is -2.29. The number of aliphatic hydroxyl groups is 1. The smallest absolute Gasteiger partial charge is 0.268 e. The fourth-order valence-electron chi connectivity index (χ4n) is 12.5. The second-order valence-corrected chi connectivity index (χ2v) is 30.2. The number of likely N-dealkylation sites (N-methyl/N-ethyl adjacent to an activating group) is 1. The molecule has 0 bridgehead atoms. The molecular weight excluding hydrogens is 1100 g/mol. The average Bonchev–Trinajstić information content (AvgIpc) is 3.58. The highest BCUT2D eigenvalue weighted by Gasteiger charge is 2.23. The number of aliphatic hydroxyl groups excluding tert-OH is 1. The van der Waals surface area contributed by atoms with Crippen LogP contribution in [0, 0.1) is 0 Å². The van der Waals surface area contributed by atoms with Gasteiger partial charge in [0.2, 0.25) is 5.91 Å². The molecule has 3 atom stereocenters. The molecule has 0 aliphatic heterocycles. The first-order chi connectivity index (χ1) is 43.0. The van der Waals surface area contributed by atoms with E-state index in [1.54, 1.807) is 6.08 Å². The molecule has 1 amide bonds. The molecule has 0 saturated heterocycles. The fourth-order valence-corrected chi connectivity index (χ4v) is 13.3. The van der Waals surface area contributed by atoms with Gasteiger partial charge in [0.25, 0.3) is 7.82 Å². The molecule has 0 spiro atoms. The summed E-state index contributed by atoms with van der Waals surface area (Å²) in [6.45, 7) is 4.71. The van der Waals surface area contributed by atoms with E-state index in [-0.39, 0.29) is 19.1 Å². The number of hydrogen-bond donors (Lipinski definition) is 2. The van der Waals surface area contributed by atoms with Crippen molar-refractivity contribution >= 4 is 13.7 Å². The van der Waals surface area contributed by atoms with E-state index in [1.165, 1.54) is 366 Å². The van der Waals surface area contributed by atoms with E-state index in [0.29, 0.717) is 17.4 Å². The molecule has 0 fully saturated rings. The molecule has 0 radical (unpaired) electrons. The molecule has 0 rings (SSSR count). The van der Waals surface area contributed by atoms with Crippen LogP contribution in [0.1, 0.15) is 425 Å². The Bertz CT molecular complexity index is 1480. The number of hydrogen-bond acceptors (Lipinski definition) is 6. The lowest BCUT2D eigenvalue weighted by Crippen LogP contribution is -2.45. The molecule has 9 heteroatoms. The SMILES string of the molecule is CCCCCCCCCCCCCCCCCCCCCCCC/C=C/CC/C=C/C(O)C(COP(=O)([O-])OCC[N+](C)(C)C)NC(=O)CCCCCCCCCCCCCCCCCCCCCCCCCCCCCCCCCCCCCCCC. The second-order valence-electron chi connectivity index (χ2n) is 28.8. The molecule has 0 aromatic rings. The summed E-state index contributed by atoms with van der Waals surface area (Å²) in [5, 5.41) is 14.0.